The van der Waals surface area contributed by atoms with Crippen LogP contribution in [0.4, 0.5) is 5.69 Å². The number of fused-ring (bicyclic) bond motifs is 1. The van der Waals surface area contributed by atoms with Crippen molar-refractivity contribution in [3.8, 4) is 11.8 Å². The smallest absolute Gasteiger partial charge is 0.357 e. The Hall–Kier alpha value is -3.40. The molecule has 1 aromatic carbocycles. The van der Waals surface area contributed by atoms with E-state index >= 15 is 0 Å². The molecule has 3 aromatic rings. The number of carbonyl (C=O) groups is 1. The standard InChI is InChI=1S/C15H11N5O2/c1-22-15(21)14-13(17)9(5-16)7-20(14)12-4-2-3-11-10(12)6-18-8-19-11/h2-4,6-8H,17H2,1H3. The number of hydrogen-bond donors (Lipinski definition) is 1. The SMILES string of the molecule is COC(=O)c1c(N)c(C#N)cn1-c1cccc2ncncc12. The van der Waals surface area contributed by atoms with Crippen molar-refractivity contribution in [2.45, 2.75) is 0 Å². The van der Waals surface area contributed by atoms with Crippen LogP contribution in [0.25, 0.3) is 16.6 Å². The molecule has 0 aliphatic carbocycles. The number of nitrogen functional groups attached to an aromatic ring is 1. The van der Waals surface area contributed by atoms with E-state index in [2.05, 4.69) is 9.97 Å². The third-order valence-electron chi connectivity index (χ3n) is 3.33. The summed E-state index contributed by atoms with van der Waals surface area (Å²) in [6, 6.07) is 7.39. The number of anilines is 1. The number of benzene rings is 1. The van der Waals surface area contributed by atoms with Crippen LogP contribution in [0.5, 0.6) is 0 Å². The van der Waals surface area contributed by atoms with Gasteiger partial charge in [0.2, 0.25) is 0 Å². The van der Waals surface area contributed by atoms with Gasteiger partial charge < -0.3 is 15.0 Å². The third kappa shape index (κ3) is 1.94. The maximum absolute atomic E-state index is 12.0. The molecule has 0 unspecified atom stereocenters. The van der Waals surface area contributed by atoms with Crippen molar-refractivity contribution in [2.75, 3.05) is 12.8 Å². The maximum atomic E-state index is 12.0. The van der Waals surface area contributed by atoms with E-state index in [9.17, 15) is 4.79 Å². The zero-order chi connectivity index (χ0) is 15.7. The van der Waals surface area contributed by atoms with E-state index in [0.29, 0.717) is 11.2 Å². The van der Waals surface area contributed by atoms with Crippen molar-refractivity contribution >= 4 is 22.6 Å². The molecule has 2 heterocycles. The molecule has 0 saturated heterocycles. The van der Waals surface area contributed by atoms with Crippen LogP contribution in [0.2, 0.25) is 0 Å². The summed E-state index contributed by atoms with van der Waals surface area (Å²) in [5, 5.41) is 9.88. The van der Waals surface area contributed by atoms with E-state index in [1.165, 1.54) is 24.2 Å². The lowest BCUT2D eigenvalue weighted by molar-refractivity contribution is 0.0593. The summed E-state index contributed by atoms with van der Waals surface area (Å²) in [5.74, 6) is -0.618. The molecule has 108 valence electrons. The minimum atomic E-state index is -0.618. The van der Waals surface area contributed by atoms with Gasteiger partial charge in [-0.3, -0.25) is 0 Å². The monoisotopic (exact) mass is 293 g/mol. The fourth-order valence-corrected chi connectivity index (χ4v) is 2.30. The van der Waals surface area contributed by atoms with Gasteiger partial charge in [-0.2, -0.15) is 5.26 Å². The van der Waals surface area contributed by atoms with Gasteiger partial charge in [-0.15, -0.1) is 0 Å². The van der Waals surface area contributed by atoms with E-state index in [1.54, 1.807) is 18.3 Å². The molecule has 22 heavy (non-hydrogen) atoms. The molecule has 0 saturated carbocycles. The van der Waals surface area contributed by atoms with Crippen LogP contribution < -0.4 is 5.73 Å². The van der Waals surface area contributed by atoms with Crippen molar-refractivity contribution in [3.63, 3.8) is 0 Å². The first-order valence-electron chi connectivity index (χ1n) is 6.35. The van der Waals surface area contributed by atoms with Gasteiger partial charge in [0, 0.05) is 17.8 Å². The van der Waals surface area contributed by atoms with Crippen LogP contribution in [0.1, 0.15) is 16.1 Å². The highest BCUT2D eigenvalue weighted by Gasteiger charge is 2.22. The Morgan fingerprint density at radius 2 is 2.27 bits per heavy atom. The Morgan fingerprint density at radius 3 is 3.00 bits per heavy atom. The Morgan fingerprint density at radius 1 is 1.45 bits per heavy atom. The van der Waals surface area contributed by atoms with Gasteiger partial charge in [-0.25, -0.2) is 14.8 Å². The summed E-state index contributed by atoms with van der Waals surface area (Å²) < 4.78 is 6.30. The van der Waals surface area contributed by atoms with Gasteiger partial charge in [-0.05, 0) is 12.1 Å². The van der Waals surface area contributed by atoms with Crippen LogP contribution in [0.3, 0.4) is 0 Å². The zero-order valence-electron chi connectivity index (χ0n) is 11.6. The summed E-state index contributed by atoms with van der Waals surface area (Å²) in [4.78, 5) is 20.2. The summed E-state index contributed by atoms with van der Waals surface area (Å²) >= 11 is 0. The average Bonchev–Trinajstić information content (AvgIpc) is 2.90. The van der Waals surface area contributed by atoms with Gasteiger partial charge in [-0.1, -0.05) is 6.07 Å². The maximum Gasteiger partial charge on any atom is 0.357 e. The second kappa shape index (κ2) is 5.18. The number of nitriles is 1. The van der Waals surface area contributed by atoms with Gasteiger partial charge in [0.15, 0.2) is 5.69 Å². The Balaban J connectivity index is 2.36. The third-order valence-corrected chi connectivity index (χ3v) is 3.33. The van der Waals surface area contributed by atoms with Crippen molar-refractivity contribution in [1.29, 1.82) is 5.26 Å². The van der Waals surface area contributed by atoms with E-state index in [1.807, 2.05) is 12.1 Å². The van der Waals surface area contributed by atoms with E-state index in [-0.39, 0.29) is 16.9 Å². The summed E-state index contributed by atoms with van der Waals surface area (Å²) in [6.07, 6.45) is 4.59. The largest absolute Gasteiger partial charge is 0.464 e. The van der Waals surface area contributed by atoms with Crippen molar-refractivity contribution in [1.82, 2.24) is 14.5 Å². The van der Waals surface area contributed by atoms with Crippen LogP contribution >= 0.6 is 0 Å². The molecule has 0 fully saturated rings. The van der Waals surface area contributed by atoms with Gasteiger partial charge >= 0.3 is 5.97 Å². The molecule has 0 atom stereocenters. The fourth-order valence-electron chi connectivity index (χ4n) is 2.30. The van der Waals surface area contributed by atoms with E-state index < -0.39 is 5.97 Å². The van der Waals surface area contributed by atoms with Crippen LogP contribution in [-0.4, -0.2) is 27.6 Å². The predicted molar refractivity (Wildman–Crippen MR) is 79.3 cm³/mol. The normalized spacial score (nSPS) is 10.4. The first-order chi connectivity index (χ1) is 10.7. The number of carbonyl (C=O) groups excluding carboxylic acids is 1. The van der Waals surface area contributed by atoms with E-state index in [0.717, 1.165) is 5.39 Å². The molecule has 2 N–H and O–H groups in total. The highest BCUT2D eigenvalue weighted by molar-refractivity contribution is 5.97. The molecule has 7 heteroatoms. The van der Waals surface area contributed by atoms with Crippen molar-refractivity contribution in [3.05, 3.63) is 48.2 Å². The summed E-state index contributed by atoms with van der Waals surface area (Å²) in [7, 11) is 1.26. The molecule has 0 amide bonds. The first-order valence-corrected chi connectivity index (χ1v) is 6.35. The van der Waals surface area contributed by atoms with Crippen LogP contribution in [-0.2, 0) is 4.74 Å². The number of rotatable bonds is 2. The average molecular weight is 293 g/mol. The van der Waals surface area contributed by atoms with Crippen LogP contribution in [0, 0.1) is 11.3 Å². The number of nitrogens with zero attached hydrogens (tertiary/aromatic N) is 4. The molecule has 0 aliphatic rings. The van der Waals surface area contributed by atoms with Gasteiger partial charge in [0.05, 0.1) is 29.6 Å². The quantitative estimate of drug-likeness (QED) is 0.720. The number of nitrogens with two attached hydrogens (primary N) is 1. The van der Waals surface area contributed by atoms with E-state index in [4.69, 9.17) is 15.7 Å². The van der Waals surface area contributed by atoms with Crippen LogP contribution in [0.15, 0.2) is 36.9 Å². The number of aromatic nitrogens is 3. The second-order valence-corrected chi connectivity index (χ2v) is 4.51. The Labute approximate surface area is 125 Å². The second-order valence-electron chi connectivity index (χ2n) is 4.51. The van der Waals surface area contributed by atoms with Crippen molar-refractivity contribution < 1.29 is 9.53 Å². The Kier molecular flexibility index (Phi) is 3.20. The minimum absolute atomic E-state index is 0.0863. The lowest BCUT2D eigenvalue weighted by Crippen LogP contribution is -2.11. The molecular formula is C15H11N5O2. The molecule has 0 bridgehead atoms. The topological polar surface area (TPSA) is 107 Å². The fraction of sp³-hybridized carbons (Fsp3) is 0.0667. The number of hydrogen-bond acceptors (Lipinski definition) is 6. The molecule has 0 radical (unpaired) electrons. The molecule has 3 rings (SSSR count). The Bertz CT molecular complexity index is 918. The molecular weight excluding hydrogens is 282 g/mol. The summed E-state index contributed by atoms with van der Waals surface area (Å²) in [5.41, 5.74) is 7.66. The highest BCUT2D eigenvalue weighted by Crippen LogP contribution is 2.28. The lowest BCUT2D eigenvalue weighted by atomic mass is 10.2. The predicted octanol–water partition coefficient (Wildman–Crippen LogP) is 1.66. The first kappa shape index (κ1) is 13.6. The number of methoxy groups -OCH3 is 1. The number of ether oxygens (including phenoxy) is 1. The molecule has 0 aliphatic heterocycles. The molecule has 0 spiro atoms. The number of esters is 1. The zero-order valence-corrected chi connectivity index (χ0v) is 11.6. The summed E-state index contributed by atoms with van der Waals surface area (Å²) in [6.45, 7) is 0. The van der Waals surface area contributed by atoms with Gasteiger partial charge in [0.25, 0.3) is 0 Å². The lowest BCUT2D eigenvalue weighted by Gasteiger charge is -2.10. The highest BCUT2D eigenvalue weighted by atomic mass is 16.5. The molecule has 2 aromatic heterocycles. The van der Waals surface area contributed by atoms with Gasteiger partial charge in [0.1, 0.15) is 12.4 Å². The van der Waals surface area contributed by atoms with Crippen molar-refractivity contribution in [2.24, 2.45) is 0 Å². The molecule has 7 nitrogen and oxygen atoms in total. The minimum Gasteiger partial charge on any atom is -0.464 e.